The lowest BCUT2D eigenvalue weighted by molar-refractivity contribution is -0.137. The normalized spacial score (nSPS) is 11.7. The molecule has 10 heteroatoms. The van der Waals surface area contributed by atoms with Gasteiger partial charge in [-0.2, -0.15) is 22.8 Å². The molecule has 0 aromatic carbocycles. The number of nitrogens with zero attached hydrogens (tertiary/aromatic N) is 4. The fraction of sp³-hybridized carbons (Fsp3) is 0.571. The summed E-state index contributed by atoms with van der Waals surface area (Å²) in [4.78, 5) is 14.0. The first-order chi connectivity index (χ1) is 7.83. The van der Waals surface area contributed by atoms with Crippen molar-refractivity contribution in [2.45, 2.75) is 6.42 Å². The fourth-order valence-corrected chi connectivity index (χ4v) is 1.86. The monoisotopic (exact) mass is 263 g/mol. The number of rotatable bonds is 6. The van der Waals surface area contributed by atoms with Gasteiger partial charge < -0.3 is 5.11 Å². The zero-order valence-corrected chi connectivity index (χ0v) is 10.2. The Bertz CT molecular complexity index is 496. The van der Waals surface area contributed by atoms with E-state index < -0.39 is 16.2 Å². The average Bonchev–Trinajstić information content (AvgIpc) is 2.60. The SMILES string of the molecule is CN(CCC(=O)O)S(=O)(=O)Nc1ncnn1C. The van der Waals surface area contributed by atoms with Gasteiger partial charge in [0.15, 0.2) is 0 Å². The number of carbonyl (C=O) groups is 1. The Balaban J connectivity index is 2.68. The van der Waals surface area contributed by atoms with Crippen LogP contribution in [0.3, 0.4) is 0 Å². The molecule has 0 bridgehead atoms. The Morgan fingerprint density at radius 1 is 1.65 bits per heavy atom. The Labute approximate surface area is 98.2 Å². The van der Waals surface area contributed by atoms with E-state index in [1.165, 1.54) is 25.1 Å². The van der Waals surface area contributed by atoms with Crippen molar-refractivity contribution in [3.63, 3.8) is 0 Å². The van der Waals surface area contributed by atoms with Crippen molar-refractivity contribution in [2.75, 3.05) is 18.3 Å². The summed E-state index contributed by atoms with van der Waals surface area (Å²) in [7, 11) is -0.995. The molecule has 1 rings (SSSR count). The number of carboxylic acid groups (broad SMARTS) is 1. The second-order valence-electron chi connectivity index (χ2n) is 3.28. The number of aryl methyl sites for hydroxylation is 1. The molecule has 96 valence electrons. The van der Waals surface area contributed by atoms with Crippen LogP contribution in [0.2, 0.25) is 0 Å². The summed E-state index contributed by atoms with van der Waals surface area (Å²) in [6.45, 7) is -0.123. The predicted octanol–water partition coefficient (Wildman–Crippen LogP) is -1.12. The van der Waals surface area contributed by atoms with E-state index in [0.29, 0.717) is 0 Å². The maximum Gasteiger partial charge on any atom is 0.304 e. The molecule has 2 N–H and O–H groups in total. The number of nitrogens with one attached hydrogen (secondary N) is 1. The van der Waals surface area contributed by atoms with Crippen LogP contribution in [0.1, 0.15) is 6.42 Å². The average molecular weight is 263 g/mol. The van der Waals surface area contributed by atoms with E-state index in [-0.39, 0.29) is 18.9 Å². The van der Waals surface area contributed by atoms with Gasteiger partial charge in [-0.3, -0.25) is 4.79 Å². The highest BCUT2D eigenvalue weighted by molar-refractivity contribution is 7.90. The number of carboxylic acids is 1. The van der Waals surface area contributed by atoms with Gasteiger partial charge in [0.05, 0.1) is 6.42 Å². The van der Waals surface area contributed by atoms with Gasteiger partial charge in [0, 0.05) is 20.6 Å². The summed E-state index contributed by atoms with van der Waals surface area (Å²) < 4.78 is 27.7. The van der Waals surface area contributed by atoms with Crippen LogP contribution < -0.4 is 4.72 Å². The smallest absolute Gasteiger partial charge is 0.304 e. The Hall–Kier alpha value is -1.68. The van der Waals surface area contributed by atoms with Crippen LogP contribution in [0.15, 0.2) is 6.33 Å². The van der Waals surface area contributed by atoms with Crippen LogP contribution in [0.25, 0.3) is 0 Å². The van der Waals surface area contributed by atoms with Crippen molar-refractivity contribution in [2.24, 2.45) is 7.05 Å². The highest BCUT2D eigenvalue weighted by Crippen LogP contribution is 2.05. The van der Waals surface area contributed by atoms with E-state index in [1.54, 1.807) is 0 Å². The lowest BCUT2D eigenvalue weighted by Gasteiger charge is -2.16. The summed E-state index contributed by atoms with van der Waals surface area (Å²) >= 11 is 0. The maximum absolute atomic E-state index is 11.7. The second-order valence-corrected chi connectivity index (χ2v) is 5.06. The van der Waals surface area contributed by atoms with E-state index in [0.717, 1.165) is 4.31 Å². The molecule has 1 aromatic rings. The molecular weight excluding hydrogens is 250 g/mol. The molecule has 0 spiro atoms. The standard InChI is InChI=1S/C7H13N5O4S/c1-11(4-3-6(13)14)17(15,16)10-7-8-5-9-12(7)2/h5H,3-4H2,1-2H3,(H,13,14)(H,8,9,10). The van der Waals surface area contributed by atoms with Crippen molar-refractivity contribution >= 4 is 22.1 Å². The number of aromatic nitrogens is 3. The zero-order valence-electron chi connectivity index (χ0n) is 9.36. The molecule has 0 atom stereocenters. The summed E-state index contributed by atoms with van der Waals surface area (Å²) in [6.07, 6.45) is 0.936. The summed E-state index contributed by atoms with van der Waals surface area (Å²) in [5.74, 6) is -1.00. The molecule has 0 amide bonds. The lowest BCUT2D eigenvalue weighted by Crippen LogP contribution is -2.34. The van der Waals surface area contributed by atoms with Gasteiger partial charge in [-0.05, 0) is 0 Å². The van der Waals surface area contributed by atoms with E-state index in [9.17, 15) is 13.2 Å². The predicted molar refractivity (Wildman–Crippen MR) is 58.4 cm³/mol. The third-order valence-corrected chi connectivity index (χ3v) is 3.43. The summed E-state index contributed by atoms with van der Waals surface area (Å²) in [5.41, 5.74) is 0. The quantitative estimate of drug-likeness (QED) is 0.671. The first-order valence-electron chi connectivity index (χ1n) is 4.63. The molecule has 0 aliphatic heterocycles. The molecule has 0 aliphatic rings. The van der Waals surface area contributed by atoms with Crippen LogP contribution in [0.5, 0.6) is 0 Å². The van der Waals surface area contributed by atoms with Gasteiger partial charge in [-0.15, -0.1) is 0 Å². The first-order valence-corrected chi connectivity index (χ1v) is 6.07. The van der Waals surface area contributed by atoms with Crippen LogP contribution >= 0.6 is 0 Å². The third-order valence-electron chi connectivity index (χ3n) is 1.98. The van der Waals surface area contributed by atoms with E-state index in [2.05, 4.69) is 14.8 Å². The Morgan fingerprint density at radius 3 is 2.76 bits per heavy atom. The third kappa shape index (κ3) is 3.67. The molecular formula is C7H13N5O4S. The maximum atomic E-state index is 11.7. The molecule has 0 saturated heterocycles. The molecule has 0 aliphatic carbocycles. The second kappa shape index (κ2) is 5.10. The van der Waals surface area contributed by atoms with Crippen molar-refractivity contribution in [3.05, 3.63) is 6.33 Å². The topological polar surface area (TPSA) is 117 Å². The van der Waals surface area contributed by atoms with Crippen molar-refractivity contribution in [1.82, 2.24) is 19.1 Å². The molecule has 9 nitrogen and oxygen atoms in total. The van der Waals surface area contributed by atoms with E-state index >= 15 is 0 Å². The van der Waals surface area contributed by atoms with Crippen LogP contribution in [-0.4, -0.2) is 52.2 Å². The van der Waals surface area contributed by atoms with Gasteiger partial charge in [0.2, 0.25) is 5.95 Å². The largest absolute Gasteiger partial charge is 0.481 e. The Kier molecular flexibility index (Phi) is 4.02. The summed E-state index contributed by atoms with van der Waals surface area (Å²) in [6, 6.07) is 0. The van der Waals surface area contributed by atoms with Gasteiger partial charge in [-0.1, -0.05) is 0 Å². The van der Waals surface area contributed by atoms with E-state index in [4.69, 9.17) is 5.11 Å². The molecule has 1 heterocycles. The highest BCUT2D eigenvalue weighted by atomic mass is 32.2. The van der Waals surface area contributed by atoms with Gasteiger partial charge in [-0.25, -0.2) is 9.40 Å². The molecule has 0 saturated carbocycles. The van der Waals surface area contributed by atoms with Gasteiger partial charge >= 0.3 is 16.2 Å². The zero-order chi connectivity index (χ0) is 13.1. The number of hydrogen-bond donors (Lipinski definition) is 2. The first kappa shape index (κ1) is 13.4. The molecule has 1 aromatic heterocycles. The number of aliphatic carboxylic acids is 1. The number of anilines is 1. The minimum absolute atomic E-state index is 0.0622. The van der Waals surface area contributed by atoms with Gasteiger partial charge in [0.1, 0.15) is 6.33 Å². The van der Waals surface area contributed by atoms with Crippen molar-refractivity contribution in [3.8, 4) is 0 Å². The summed E-state index contributed by atoms with van der Waals surface area (Å²) in [5, 5.41) is 12.2. The van der Waals surface area contributed by atoms with Crippen LogP contribution in [-0.2, 0) is 22.1 Å². The van der Waals surface area contributed by atoms with Crippen LogP contribution in [0, 0.1) is 0 Å². The van der Waals surface area contributed by atoms with Crippen LogP contribution in [0.4, 0.5) is 5.95 Å². The number of hydrogen-bond acceptors (Lipinski definition) is 5. The fourth-order valence-electron chi connectivity index (χ4n) is 0.955. The molecule has 0 unspecified atom stereocenters. The molecule has 0 fully saturated rings. The highest BCUT2D eigenvalue weighted by Gasteiger charge is 2.20. The lowest BCUT2D eigenvalue weighted by atomic mass is 10.4. The van der Waals surface area contributed by atoms with Crippen molar-refractivity contribution < 1.29 is 18.3 Å². The van der Waals surface area contributed by atoms with Gasteiger partial charge in [0.25, 0.3) is 0 Å². The molecule has 0 radical (unpaired) electrons. The van der Waals surface area contributed by atoms with Crippen molar-refractivity contribution in [1.29, 1.82) is 0 Å². The van der Waals surface area contributed by atoms with E-state index in [1.807, 2.05) is 0 Å². The minimum Gasteiger partial charge on any atom is -0.481 e. The molecule has 17 heavy (non-hydrogen) atoms. The Morgan fingerprint density at radius 2 is 2.29 bits per heavy atom. The minimum atomic E-state index is -3.80.